The molecule has 3 heteroatoms. The smallest absolute Gasteiger partial charge is 0.0876 e. The van der Waals surface area contributed by atoms with Gasteiger partial charge in [-0.1, -0.05) is 20.8 Å². The lowest BCUT2D eigenvalue weighted by molar-refractivity contribution is -0.0438. The molecule has 0 aromatic rings. The van der Waals surface area contributed by atoms with E-state index in [-0.39, 0.29) is 5.41 Å². The quantitative estimate of drug-likeness (QED) is 0.761. The van der Waals surface area contributed by atoms with Crippen LogP contribution in [0.25, 0.3) is 0 Å². The predicted molar refractivity (Wildman–Crippen MR) is 58.2 cm³/mol. The molecule has 1 rings (SSSR count). The van der Waals surface area contributed by atoms with Gasteiger partial charge in [0, 0.05) is 13.2 Å². The highest BCUT2D eigenvalue weighted by Crippen LogP contribution is 2.38. The molecular formula is C12H21NO2. The number of aliphatic hydroxyl groups is 1. The van der Waals surface area contributed by atoms with Gasteiger partial charge in [0.1, 0.15) is 0 Å². The lowest BCUT2D eigenvalue weighted by Gasteiger charge is -2.37. The summed E-state index contributed by atoms with van der Waals surface area (Å²) >= 11 is 0. The Hall–Kier alpha value is -0.590. The third-order valence-electron chi connectivity index (χ3n) is 3.05. The van der Waals surface area contributed by atoms with Gasteiger partial charge < -0.3 is 9.84 Å². The van der Waals surface area contributed by atoms with Gasteiger partial charge in [-0.25, -0.2) is 0 Å². The van der Waals surface area contributed by atoms with Crippen LogP contribution < -0.4 is 0 Å². The molecule has 86 valence electrons. The van der Waals surface area contributed by atoms with Crippen LogP contribution >= 0.6 is 0 Å². The maximum Gasteiger partial charge on any atom is 0.0876 e. The molecule has 0 aliphatic carbocycles. The van der Waals surface area contributed by atoms with Crippen LogP contribution in [-0.2, 0) is 4.74 Å². The number of hydrogen-bond donors (Lipinski definition) is 1. The van der Waals surface area contributed by atoms with Crippen LogP contribution in [0, 0.1) is 22.2 Å². The monoisotopic (exact) mass is 211 g/mol. The summed E-state index contributed by atoms with van der Waals surface area (Å²) < 4.78 is 5.24. The van der Waals surface area contributed by atoms with Crippen molar-refractivity contribution in [1.82, 2.24) is 0 Å². The molecule has 3 nitrogen and oxygen atoms in total. The molecule has 0 spiro atoms. The summed E-state index contributed by atoms with van der Waals surface area (Å²) in [6.07, 6.45) is 1.44. The lowest BCUT2D eigenvalue weighted by atomic mass is 9.71. The Labute approximate surface area is 92.0 Å². The molecule has 1 saturated heterocycles. The van der Waals surface area contributed by atoms with Gasteiger partial charge in [-0.15, -0.1) is 0 Å². The fraction of sp³-hybridized carbons (Fsp3) is 0.917. The van der Waals surface area contributed by atoms with Crippen LogP contribution in [0.15, 0.2) is 0 Å². The van der Waals surface area contributed by atoms with Crippen molar-refractivity contribution in [1.29, 1.82) is 5.26 Å². The highest BCUT2D eigenvalue weighted by molar-refractivity contribution is 5.05. The molecule has 1 aliphatic heterocycles. The molecule has 0 radical (unpaired) electrons. The molecule has 1 heterocycles. The summed E-state index contributed by atoms with van der Waals surface area (Å²) in [4.78, 5) is 0. The van der Waals surface area contributed by atoms with E-state index < -0.39 is 11.5 Å². The molecule has 15 heavy (non-hydrogen) atoms. The zero-order valence-electron chi connectivity index (χ0n) is 9.92. The summed E-state index contributed by atoms with van der Waals surface area (Å²) in [5.41, 5.74) is -0.521. The molecule has 1 atom stereocenters. The molecule has 1 aliphatic rings. The third kappa shape index (κ3) is 3.19. The van der Waals surface area contributed by atoms with E-state index in [0.717, 1.165) is 0 Å². The van der Waals surface area contributed by atoms with Gasteiger partial charge >= 0.3 is 0 Å². The van der Waals surface area contributed by atoms with Crippen molar-refractivity contribution >= 4 is 0 Å². The van der Waals surface area contributed by atoms with Crippen molar-refractivity contribution in [3.63, 3.8) is 0 Å². The third-order valence-corrected chi connectivity index (χ3v) is 3.05. The van der Waals surface area contributed by atoms with E-state index >= 15 is 0 Å². The van der Waals surface area contributed by atoms with Crippen molar-refractivity contribution in [2.75, 3.05) is 13.2 Å². The van der Waals surface area contributed by atoms with E-state index in [4.69, 9.17) is 4.74 Å². The summed E-state index contributed by atoms with van der Waals surface area (Å²) in [6, 6.07) is 2.31. The van der Waals surface area contributed by atoms with Crippen LogP contribution in [0.5, 0.6) is 0 Å². The molecule has 0 aromatic carbocycles. The minimum absolute atomic E-state index is 0.0571. The van der Waals surface area contributed by atoms with Gasteiger partial charge in [0.25, 0.3) is 0 Å². The van der Waals surface area contributed by atoms with Gasteiger partial charge in [0.05, 0.1) is 17.6 Å². The van der Waals surface area contributed by atoms with E-state index in [1.807, 2.05) is 0 Å². The zero-order chi connectivity index (χ0) is 11.5. The molecule has 0 bridgehead atoms. The Balaban J connectivity index is 2.69. The number of nitriles is 1. The second-order valence-corrected chi connectivity index (χ2v) is 5.66. The van der Waals surface area contributed by atoms with E-state index in [0.29, 0.717) is 32.5 Å². The Morgan fingerprint density at radius 1 is 1.40 bits per heavy atom. The normalized spacial score (nSPS) is 23.1. The van der Waals surface area contributed by atoms with Gasteiger partial charge in [-0.2, -0.15) is 5.26 Å². The number of aliphatic hydroxyl groups excluding tert-OH is 1. The molecular weight excluding hydrogens is 190 g/mol. The Kier molecular flexibility index (Phi) is 3.75. The maximum absolute atomic E-state index is 10.2. The summed E-state index contributed by atoms with van der Waals surface area (Å²) in [7, 11) is 0. The highest BCUT2D eigenvalue weighted by atomic mass is 16.5. The largest absolute Gasteiger partial charge is 0.391 e. The average molecular weight is 211 g/mol. The number of ether oxygens (including phenoxy) is 1. The van der Waals surface area contributed by atoms with E-state index in [2.05, 4.69) is 26.8 Å². The van der Waals surface area contributed by atoms with Gasteiger partial charge in [-0.05, 0) is 24.7 Å². The van der Waals surface area contributed by atoms with Crippen LogP contribution in [0.2, 0.25) is 0 Å². The van der Waals surface area contributed by atoms with Gasteiger partial charge in [0.15, 0.2) is 0 Å². The Morgan fingerprint density at radius 3 is 2.33 bits per heavy atom. The van der Waals surface area contributed by atoms with Crippen molar-refractivity contribution in [3.05, 3.63) is 0 Å². The summed E-state index contributed by atoms with van der Waals surface area (Å²) in [6.45, 7) is 7.44. The van der Waals surface area contributed by atoms with Gasteiger partial charge in [-0.3, -0.25) is 0 Å². The lowest BCUT2D eigenvalue weighted by Crippen LogP contribution is -2.41. The minimum atomic E-state index is -0.578. The van der Waals surface area contributed by atoms with Crippen LogP contribution in [0.1, 0.15) is 40.0 Å². The fourth-order valence-corrected chi connectivity index (χ4v) is 2.03. The van der Waals surface area contributed by atoms with Gasteiger partial charge in [0.2, 0.25) is 0 Å². The van der Waals surface area contributed by atoms with Crippen LogP contribution in [-0.4, -0.2) is 24.4 Å². The first-order chi connectivity index (χ1) is 6.90. The number of rotatable bonds is 2. The fourth-order valence-electron chi connectivity index (χ4n) is 2.03. The van der Waals surface area contributed by atoms with Crippen molar-refractivity contribution in [2.45, 2.75) is 46.1 Å². The van der Waals surface area contributed by atoms with Crippen molar-refractivity contribution in [2.24, 2.45) is 10.8 Å². The Morgan fingerprint density at radius 2 is 1.93 bits per heavy atom. The molecule has 1 unspecified atom stereocenters. The Bertz CT molecular complexity index is 243. The first kappa shape index (κ1) is 12.5. The highest BCUT2D eigenvalue weighted by Gasteiger charge is 2.41. The summed E-state index contributed by atoms with van der Waals surface area (Å²) in [5, 5.41) is 19.4. The second-order valence-electron chi connectivity index (χ2n) is 5.66. The van der Waals surface area contributed by atoms with Crippen LogP contribution in [0.3, 0.4) is 0 Å². The molecule has 1 fully saturated rings. The topological polar surface area (TPSA) is 53.2 Å². The zero-order valence-corrected chi connectivity index (χ0v) is 9.92. The van der Waals surface area contributed by atoms with Crippen molar-refractivity contribution < 1.29 is 9.84 Å². The van der Waals surface area contributed by atoms with Crippen molar-refractivity contribution in [3.8, 4) is 6.07 Å². The first-order valence-electron chi connectivity index (χ1n) is 5.57. The predicted octanol–water partition coefficient (Wildman–Crippen LogP) is 2.10. The molecule has 0 amide bonds. The average Bonchev–Trinajstić information content (AvgIpc) is 2.16. The first-order valence-corrected chi connectivity index (χ1v) is 5.57. The van der Waals surface area contributed by atoms with E-state index in [1.54, 1.807) is 0 Å². The molecule has 0 aromatic heterocycles. The standard InChI is InChI=1S/C12H21NO2/c1-11(2,3)8-10(14)12(9-13)4-6-15-7-5-12/h10,14H,4-8H2,1-3H3. The molecule has 0 saturated carbocycles. The maximum atomic E-state index is 10.2. The minimum Gasteiger partial charge on any atom is -0.391 e. The molecule has 1 N–H and O–H groups in total. The SMILES string of the molecule is CC(C)(C)CC(O)C1(C#N)CCOCC1. The number of hydrogen-bond acceptors (Lipinski definition) is 3. The van der Waals surface area contributed by atoms with E-state index in [1.165, 1.54) is 0 Å². The second kappa shape index (κ2) is 4.51. The van der Waals surface area contributed by atoms with E-state index in [9.17, 15) is 10.4 Å². The van der Waals surface area contributed by atoms with Crippen LogP contribution in [0.4, 0.5) is 0 Å². The summed E-state index contributed by atoms with van der Waals surface area (Å²) in [5.74, 6) is 0. The number of nitrogens with zero attached hydrogens (tertiary/aromatic N) is 1.